The number of benzene rings is 2. The lowest BCUT2D eigenvalue weighted by Crippen LogP contribution is -2.49. The van der Waals surface area contributed by atoms with Gasteiger partial charge in [-0.2, -0.15) is 0 Å². The Morgan fingerprint density at radius 2 is 1.85 bits per heavy atom. The van der Waals surface area contributed by atoms with Gasteiger partial charge in [-0.3, -0.25) is 9.89 Å². The molecule has 0 unspecified atom stereocenters. The first kappa shape index (κ1) is 21.8. The van der Waals surface area contributed by atoms with Gasteiger partial charge in [-0.25, -0.2) is 8.78 Å². The molecule has 4 nitrogen and oxygen atoms in total. The van der Waals surface area contributed by atoms with Crippen LogP contribution >= 0.6 is 24.0 Å². The van der Waals surface area contributed by atoms with Crippen molar-refractivity contribution in [3.63, 3.8) is 0 Å². The molecule has 1 fully saturated rings. The van der Waals surface area contributed by atoms with Gasteiger partial charge in [0.25, 0.3) is 6.43 Å². The minimum Gasteiger partial charge on any atom is -0.354 e. The molecule has 7 heteroatoms. The van der Waals surface area contributed by atoms with Gasteiger partial charge in [-0.1, -0.05) is 42.5 Å². The highest BCUT2D eigenvalue weighted by Crippen LogP contribution is 2.18. The summed E-state index contributed by atoms with van der Waals surface area (Å²) >= 11 is 0. The van der Waals surface area contributed by atoms with E-state index in [9.17, 15) is 8.78 Å². The number of guanidine groups is 1. The molecule has 2 N–H and O–H groups in total. The van der Waals surface area contributed by atoms with E-state index in [2.05, 4.69) is 46.0 Å². The van der Waals surface area contributed by atoms with Crippen molar-refractivity contribution in [2.45, 2.75) is 31.9 Å². The quantitative estimate of drug-likeness (QED) is 0.382. The van der Waals surface area contributed by atoms with Crippen LogP contribution in [0.3, 0.4) is 0 Å². The molecular weight excluding hydrogens is 461 g/mol. The monoisotopic (exact) mass is 488 g/mol. The van der Waals surface area contributed by atoms with Gasteiger partial charge in [0.05, 0.1) is 6.54 Å². The Morgan fingerprint density at radius 3 is 2.56 bits per heavy atom. The molecule has 27 heavy (non-hydrogen) atoms. The average molecular weight is 488 g/mol. The number of rotatable bonds is 5. The maximum atomic E-state index is 12.5. The number of alkyl halides is 2. The second-order valence-corrected chi connectivity index (χ2v) is 6.67. The third-order valence-corrected chi connectivity index (χ3v) is 4.87. The molecule has 0 amide bonds. The van der Waals surface area contributed by atoms with Gasteiger partial charge >= 0.3 is 0 Å². The topological polar surface area (TPSA) is 39.7 Å². The molecule has 0 bridgehead atoms. The van der Waals surface area contributed by atoms with E-state index in [1.54, 1.807) is 7.05 Å². The number of aliphatic imine (C=N–C) groups is 1. The number of fused-ring (bicyclic) bond motifs is 1. The van der Waals surface area contributed by atoms with Crippen LogP contribution in [-0.2, 0) is 6.54 Å². The number of nitrogens with one attached hydrogen (secondary N) is 2. The molecule has 0 atom stereocenters. The third-order valence-electron chi connectivity index (χ3n) is 4.87. The van der Waals surface area contributed by atoms with E-state index < -0.39 is 6.43 Å². The molecule has 1 saturated heterocycles. The van der Waals surface area contributed by atoms with E-state index >= 15 is 0 Å². The fourth-order valence-corrected chi connectivity index (χ4v) is 3.47. The number of piperidine rings is 1. The van der Waals surface area contributed by atoms with Crippen LogP contribution in [0.5, 0.6) is 0 Å². The summed E-state index contributed by atoms with van der Waals surface area (Å²) in [6.07, 6.45) is -0.557. The maximum Gasteiger partial charge on any atom is 0.251 e. The molecule has 1 aliphatic heterocycles. The van der Waals surface area contributed by atoms with Crippen LogP contribution < -0.4 is 10.6 Å². The number of hydrogen-bond donors (Lipinski definition) is 2. The van der Waals surface area contributed by atoms with Gasteiger partial charge in [0, 0.05) is 32.7 Å². The van der Waals surface area contributed by atoms with Gasteiger partial charge in [-0.15, -0.1) is 24.0 Å². The molecule has 148 valence electrons. The molecule has 3 rings (SSSR count). The van der Waals surface area contributed by atoms with Gasteiger partial charge in [0.2, 0.25) is 0 Å². The molecular formula is C20H27F2IN4. The molecule has 0 radical (unpaired) electrons. The standard InChI is InChI=1S/C20H26F2N4.HI/c1-23-20(25-17-9-11-26(12-10-17)14-19(21)22)24-13-16-7-4-6-15-5-2-3-8-18(15)16;/h2-8,17,19H,9-14H2,1H3,(H2,23,24,25);1H. The van der Waals surface area contributed by atoms with Gasteiger partial charge in [-0.05, 0) is 29.2 Å². The first-order valence-electron chi connectivity index (χ1n) is 9.10. The molecule has 1 heterocycles. The molecule has 0 aliphatic carbocycles. The zero-order chi connectivity index (χ0) is 18.4. The van der Waals surface area contributed by atoms with Crippen molar-refractivity contribution in [3.05, 3.63) is 48.0 Å². The summed E-state index contributed by atoms with van der Waals surface area (Å²) in [5.41, 5.74) is 1.22. The van der Waals surface area contributed by atoms with Crippen LogP contribution in [0.25, 0.3) is 10.8 Å². The predicted molar refractivity (Wildman–Crippen MR) is 118 cm³/mol. The van der Waals surface area contributed by atoms with Crippen molar-refractivity contribution in [3.8, 4) is 0 Å². The zero-order valence-electron chi connectivity index (χ0n) is 15.5. The van der Waals surface area contributed by atoms with Crippen LogP contribution in [0, 0.1) is 0 Å². The second-order valence-electron chi connectivity index (χ2n) is 6.67. The third kappa shape index (κ3) is 6.27. The largest absolute Gasteiger partial charge is 0.354 e. The maximum absolute atomic E-state index is 12.5. The summed E-state index contributed by atoms with van der Waals surface area (Å²) in [5.74, 6) is 0.755. The van der Waals surface area contributed by atoms with Gasteiger partial charge in [0.1, 0.15) is 0 Å². The van der Waals surface area contributed by atoms with E-state index in [0.717, 1.165) is 18.8 Å². The molecule has 0 spiro atoms. The first-order valence-corrected chi connectivity index (χ1v) is 9.10. The van der Waals surface area contributed by atoms with Gasteiger partial charge < -0.3 is 10.6 Å². The molecule has 0 saturated carbocycles. The minimum atomic E-state index is -2.25. The number of hydrogen-bond acceptors (Lipinski definition) is 2. The summed E-state index contributed by atoms with van der Waals surface area (Å²) < 4.78 is 24.9. The zero-order valence-corrected chi connectivity index (χ0v) is 17.8. The Labute approximate surface area is 176 Å². The number of likely N-dealkylation sites (tertiary alicyclic amines) is 1. The number of halogens is 3. The van der Waals surface area contributed by atoms with E-state index in [1.165, 1.54) is 16.3 Å². The van der Waals surface area contributed by atoms with Crippen LogP contribution in [0.4, 0.5) is 8.78 Å². The van der Waals surface area contributed by atoms with Crippen molar-refractivity contribution in [1.29, 1.82) is 0 Å². The lowest BCUT2D eigenvalue weighted by atomic mass is 10.0. The van der Waals surface area contributed by atoms with Crippen molar-refractivity contribution < 1.29 is 8.78 Å². The molecule has 2 aromatic rings. The SMILES string of the molecule is CN=C(NCc1cccc2ccccc12)NC1CCN(CC(F)F)CC1.I. The fourth-order valence-electron chi connectivity index (χ4n) is 3.47. The molecule has 1 aliphatic rings. The van der Waals surface area contributed by atoms with Crippen molar-refractivity contribution in [2.75, 3.05) is 26.7 Å². The van der Waals surface area contributed by atoms with Crippen LogP contribution in [-0.4, -0.2) is 50.0 Å². The number of nitrogens with zero attached hydrogens (tertiary/aromatic N) is 2. The average Bonchev–Trinajstić information content (AvgIpc) is 2.66. The van der Waals surface area contributed by atoms with Gasteiger partial charge in [0.15, 0.2) is 5.96 Å². The van der Waals surface area contributed by atoms with E-state index in [-0.39, 0.29) is 36.6 Å². The normalized spacial score (nSPS) is 16.4. The van der Waals surface area contributed by atoms with E-state index in [0.29, 0.717) is 19.6 Å². The van der Waals surface area contributed by atoms with Crippen molar-refractivity contribution >= 4 is 40.7 Å². The van der Waals surface area contributed by atoms with E-state index in [1.807, 2.05) is 17.0 Å². The summed E-state index contributed by atoms with van der Waals surface area (Å²) in [6, 6.07) is 14.9. The minimum absolute atomic E-state index is 0. The lowest BCUT2D eigenvalue weighted by Gasteiger charge is -2.32. The lowest BCUT2D eigenvalue weighted by molar-refractivity contribution is 0.0744. The first-order chi connectivity index (χ1) is 12.7. The summed E-state index contributed by atoms with van der Waals surface area (Å²) in [7, 11) is 1.75. The molecule has 0 aromatic heterocycles. The Morgan fingerprint density at radius 1 is 1.15 bits per heavy atom. The Kier molecular flexibility index (Phi) is 8.69. The van der Waals surface area contributed by atoms with Crippen LogP contribution in [0.1, 0.15) is 18.4 Å². The highest BCUT2D eigenvalue weighted by molar-refractivity contribution is 14.0. The smallest absolute Gasteiger partial charge is 0.251 e. The Balaban J connectivity index is 0.00000261. The highest BCUT2D eigenvalue weighted by Gasteiger charge is 2.21. The van der Waals surface area contributed by atoms with Crippen molar-refractivity contribution in [1.82, 2.24) is 15.5 Å². The van der Waals surface area contributed by atoms with Crippen LogP contribution in [0.2, 0.25) is 0 Å². The Bertz CT molecular complexity index is 740. The van der Waals surface area contributed by atoms with Crippen molar-refractivity contribution in [2.24, 2.45) is 4.99 Å². The summed E-state index contributed by atoms with van der Waals surface area (Å²) in [4.78, 5) is 6.13. The Hall–Kier alpha value is -1.48. The fraction of sp³-hybridized carbons (Fsp3) is 0.450. The van der Waals surface area contributed by atoms with E-state index in [4.69, 9.17) is 0 Å². The molecule has 2 aromatic carbocycles. The predicted octanol–water partition coefficient (Wildman–Crippen LogP) is 3.85. The summed E-state index contributed by atoms with van der Waals surface area (Å²) in [5, 5.41) is 9.25. The second kappa shape index (κ2) is 10.8. The van der Waals surface area contributed by atoms with Crippen LogP contribution in [0.15, 0.2) is 47.5 Å². The summed E-state index contributed by atoms with van der Waals surface area (Å²) in [6.45, 7) is 1.96. The highest BCUT2D eigenvalue weighted by atomic mass is 127.